The van der Waals surface area contributed by atoms with E-state index in [0.717, 1.165) is 24.8 Å². The number of carbonyl (C=O) groups is 2. The van der Waals surface area contributed by atoms with Gasteiger partial charge < -0.3 is 16.2 Å². The second kappa shape index (κ2) is 6.52. The molecule has 0 aliphatic heterocycles. The zero-order valence-electron chi connectivity index (χ0n) is 11.3. The van der Waals surface area contributed by atoms with Crippen molar-refractivity contribution in [2.24, 2.45) is 11.7 Å². The number of carboxylic acid groups (broad SMARTS) is 1. The fraction of sp³-hybridized carbons (Fsp3) is 0.467. The Morgan fingerprint density at radius 3 is 2.50 bits per heavy atom. The number of nitrogens with two attached hydrogens (primary N) is 1. The number of rotatable bonds is 5. The van der Waals surface area contributed by atoms with Crippen LogP contribution in [-0.4, -0.2) is 29.6 Å². The highest BCUT2D eigenvalue weighted by atomic mass is 16.4. The van der Waals surface area contributed by atoms with Crippen molar-refractivity contribution in [2.75, 3.05) is 6.54 Å². The van der Waals surface area contributed by atoms with Gasteiger partial charge in [0.15, 0.2) is 0 Å². The van der Waals surface area contributed by atoms with E-state index in [1.54, 1.807) is 24.3 Å². The van der Waals surface area contributed by atoms with Gasteiger partial charge in [-0.1, -0.05) is 18.6 Å². The molecule has 0 heterocycles. The highest BCUT2D eigenvalue weighted by molar-refractivity contribution is 5.87. The van der Waals surface area contributed by atoms with Crippen molar-refractivity contribution in [1.29, 1.82) is 0 Å². The Kier molecular flexibility index (Phi) is 4.74. The predicted octanol–water partition coefficient (Wildman–Crippen LogP) is 1.17. The van der Waals surface area contributed by atoms with Gasteiger partial charge in [-0.05, 0) is 37.0 Å². The van der Waals surface area contributed by atoms with E-state index >= 15 is 0 Å². The van der Waals surface area contributed by atoms with Gasteiger partial charge in [-0.15, -0.1) is 0 Å². The minimum Gasteiger partial charge on any atom is -0.478 e. The summed E-state index contributed by atoms with van der Waals surface area (Å²) in [6.07, 6.45) is 3.51. The van der Waals surface area contributed by atoms with E-state index in [9.17, 15) is 9.59 Å². The molecule has 2 unspecified atom stereocenters. The van der Waals surface area contributed by atoms with Crippen molar-refractivity contribution in [3.63, 3.8) is 0 Å². The first kappa shape index (κ1) is 14.5. The zero-order valence-corrected chi connectivity index (χ0v) is 11.3. The Bertz CT molecular complexity index is 484. The Labute approximate surface area is 118 Å². The van der Waals surface area contributed by atoms with E-state index < -0.39 is 5.97 Å². The number of hydrogen-bond donors (Lipinski definition) is 3. The lowest BCUT2D eigenvalue weighted by molar-refractivity contribution is -0.125. The lowest BCUT2D eigenvalue weighted by atomic mass is 10.0. The van der Waals surface area contributed by atoms with Gasteiger partial charge in [-0.25, -0.2) is 4.79 Å². The molecule has 5 heteroatoms. The molecule has 0 saturated heterocycles. The van der Waals surface area contributed by atoms with Crippen LogP contribution >= 0.6 is 0 Å². The van der Waals surface area contributed by atoms with Crippen LogP contribution in [0.25, 0.3) is 0 Å². The average Bonchev–Trinajstić information content (AvgIpc) is 2.85. The monoisotopic (exact) mass is 276 g/mol. The topological polar surface area (TPSA) is 92.4 Å². The third-order valence-electron chi connectivity index (χ3n) is 3.82. The van der Waals surface area contributed by atoms with E-state index in [0.29, 0.717) is 13.0 Å². The lowest BCUT2D eigenvalue weighted by Gasteiger charge is -2.15. The number of hydrogen-bond acceptors (Lipinski definition) is 3. The molecule has 0 radical (unpaired) electrons. The van der Waals surface area contributed by atoms with E-state index in [-0.39, 0.29) is 23.4 Å². The molecule has 1 amide bonds. The summed E-state index contributed by atoms with van der Waals surface area (Å²) in [6, 6.07) is 6.69. The molecule has 0 aromatic heterocycles. The molecule has 1 aliphatic carbocycles. The maximum Gasteiger partial charge on any atom is 0.335 e. The summed E-state index contributed by atoms with van der Waals surface area (Å²) in [4.78, 5) is 22.6. The minimum atomic E-state index is -0.930. The van der Waals surface area contributed by atoms with Crippen molar-refractivity contribution in [1.82, 2.24) is 5.32 Å². The second-order valence-corrected chi connectivity index (χ2v) is 5.24. The van der Waals surface area contributed by atoms with Crippen LogP contribution in [0.15, 0.2) is 24.3 Å². The molecule has 0 bridgehead atoms. The van der Waals surface area contributed by atoms with Crippen LogP contribution in [0, 0.1) is 5.92 Å². The van der Waals surface area contributed by atoms with E-state index in [1.165, 1.54) is 0 Å². The maximum absolute atomic E-state index is 11.9. The van der Waals surface area contributed by atoms with Crippen molar-refractivity contribution in [3.05, 3.63) is 35.4 Å². The molecule has 4 N–H and O–H groups in total. The highest BCUT2D eigenvalue weighted by Gasteiger charge is 2.29. The van der Waals surface area contributed by atoms with Crippen LogP contribution in [0.4, 0.5) is 0 Å². The fourth-order valence-electron chi connectivity index (χ4n) is 2.59. The van der Waals surface area contributed by atoms with Crippen LogP contribution in [0.3, 0.4) is 0 Å². The molecule has 108 valence electrons. The molecule has 1 aromatic carbocycles. The van der Waals surface area contributed by atoms with E-state index in [1.807, 2.05) is 0 Å². The Morgan fingerprint density at radius 1 is 1.25 bits per heavy atom. The van der Waals surface area contributed by atoms with Crippen molar-refractivity contribution in [3.8, 4) is 0 Å². The van der Waals surface area contributed by atoms with E-state index in [4.69, 9.17) is 10.8 Å². The molecular formula is C15H20N2O3. The first-order chi connectivity index (χ1) is 9.58. The summed E-state index contributed by atoms with van der Waals surface area (Å²) in [5.74, 6) is -0.943. The standard InChI is InChI=1S/C15H20N2O3/c16-13-3-1-2-12(13)14(18)17-9-8-10-4-6-11(7-5-10)15(19)20/h4-7,12-13H,1-3,8-9,16H2,(H,17,18)(H,19,20). The van der Waals surface area contributed by atoms with Crippen LogP contribution < -0.4 is 11.1 Å². The number of carbonyl (C=O) groups excluding carboxylic acids is 1. The fourth-order valence-corrected chi connectivity index (χ4v) is 2.59. The van der Waals surface area contributed by atoms with Crippen LogP contribution in [0.1, 0.15) is 35.2 Å². The molecule has 1 aliphatic rings. The summed E-state index contributed by atoms with van der Waals surface area (Å²) < 4.78 is 0. The van der Waals surface area contributed by atoms with E-state index in [2.05, 4.69) is 5.32 Å². The van der Waals surface area contributed by atoms with Gasteiger partial charge in [-0.3, -0.25) is 4.79 Å². The normalized spacial score (nSPS) is 21.6. The minimum absolute atomic E-state index is 0.00940. The third kappa shape index (κ3) is 3.57. The molecular weight excluding hydrogens is 256 g/mol. The Hall–Kier alpha value is -1.88. The van der Waals surface area contributed by atoms with Gasteiger partial charge >= 0.3 is 5.97 Å². The molecule has 1 saturated carbocycles. The summed E-state index contributed by atoms with van der Waals surface area (Å²) in [7, 11) is 0. The largest absolute Gasteiger partial charge is 0.478 e. The smallest absolute Gasteiger partial charge is 0.335 e. The number of carboxylic acids is 1. The summed E-state index contributed by atoms with van der Waals surface area (Å²) >= 11 is 0. The number of amides is 1. The molecule has 2 rings (SSSR count). The SMILES string of the molecule is NC1CCCC1C(=O)NCCc1ccc(C(=O)O)cc1. The van der Waals surface area contributed by atoms with Crippen LogP contribution in [-0.2, 0) is 11.2 Å². The maximum atomic E-state index is 11.9. The Balaban J connectivity index is 1.78. The molecule has 20 heavy (non-hydrogen) atoms. The first-order valence-corrected chi connectivity index (χ1v) is 6.93. The number of nitrogens with one attached hydrogen (secondary N) is 1. The van der Waals surface area contributed by atoms with Gasteiger partial charge in [0.2, 0.25) is 5.91 Å². The number of benzene rings is 1. The highest BCUT2D eigenvalue weighted by Crippen LogP contribution is 2.23. The summed E-state index contributed by atoms with van der Waals surface area (Å²) in [5, 5.41) is 11.7. The van der Waals surface area contributed by atoms with Crippen molar-refractivity contribution < 1.29 is 14.7 Å². The van der Waals surface area contributed by atoms with Crippen LogP contribution in [0.5, 0.6) is 0 Å². The molecule has 1 aromatic rings. The van der Waals surface area contributed by atoms with Gasteiger partial charge in [0, 0.05) is 12.6 Å². The second-order valence-electron chi connectivity index (χ2n) is 5.24. The molecule has 1 fully saturated rings. The zero-order chi connectivity index (χ0) is 14.5. The van der Waals surface area contributed by atoms with Gasteiger partial charge in [0.25, 0.3) is 0 Å². The summed E-state index contributed by atoms with van der Waals surface area (Å²) in [6.45, 7) is 0.550. The lowest BCUT2D eigenvalue weighted by Crippen LogP contribution is -2.39. The first-order valence-electron chi connectivity index (χ1n) is 6.93. The van der Waals surface area contributed by atoms with Gasteiger partial charge in [0.1, 0.15) is 0 Å². The Morgan fingerprint density at radius 2 is 1.95 bits per heavy atom. The molecule has 5 nitrogen and oxygen atoms in total. The quantitative estimate of drug-likeness (QED) is 0.752. The van der Waals surface area contributed by atoms with Crippen molar-refractivity contribution in [2.45, 2.75) is 31.7 Å². The van der Waals surface area contributed by atoms with Gasteiger partial charge in [0.05, 0.1) is 11.5 Å². The van der Waals surface area contributed by atoms with Crippen LogP contribution in [0.2, 0.25) is 0 Å². The summed E-state index contributed by atoms with van der Waals surface area (Å²) in [5.41, 5.74) is 7.17. The van der Waals surface area contributed by atoms with Crippen molar-refractivity contribution >= 4 is 11.9 Å². The molecule has 0 spiro atoms. The average molecular weight is 276 g/mol. The third-order valence-corrected chi connectivity index (χ3v) is 3.82. The van der Waals surface area contributed by atoms with Gasteiger partial charge in [-0.2, -0.15) is 0 Å². The predicted molar refractivity (Wildman–Crippen MR) is 75.4 cm³/mol. The number of aromatic carboxylic acids is 1. The molecule has 2 atom stereocenters.